The van der Waals surface area contributed by atoms with E-state index >= 15 is 0 Å². The van der Waals surface area contributed by atoms with Gasteiger partial charge in [0.15, 0.2) is 0 Å². The number of nitrogens with one attached hydrogen (secondary N) is 1. The molecule has 1 aliphatic rings. The zero-order valence-electron chi connectivity index (χ0n) is 12.0. The van der Waals surface area contributed by atoms with Gasteiger partial charge in [0.25, 0.3) is 0 Å². The fourth-order valence-corrected chi connectivity index (χ4v) is 2.75. The number of hydrogen-bond acceptors (Lipinski definition) is 2. The van der Waals surface area contributed by atoms with Crippen LogP contribution in [0.2, 0.25) is 0 Å². The molecular weight excluding hydrogens is 222 g/mol. The van der Waals surface area contributed by atoms with Crippen LogP contribution in [0, 0.1) is 5.92 Å². The molecule has 0 aliphatic heterocycles. The molecule has 1 aliphatic carbocycles. The van der Waals surface area contributed by atoms with Crippen molar-refractivity contribution in [2.45, 2.75) is 71.4 Å². The van der Waals surface area contributed by atoms with Crippen LogP contribution in [0.5, 0.6) is 0 Å². The van der Waals surface area contributed by atoms with Crippen LogP contribution in [-0.2, 0) is 0 Å². The molecular formula is C15H27N3. The summed E-state index contributed by atoms with van der Waals surface area (Å²) in [5.74, 6) is 1.85. The highest BCUT2D eigenvalue weighted by molar-refractivity contribution is 5.28. The van der Waals surface area contributed by atoms with Crippen molar-refractivity contribution in [2.75, 3.05) is 5.32 Å². The molecule has 18 heavy (non-hydrogen) atoms. The Labute approximate surface area is 111 Å². The lowest BCUT2D eigenvalue weighted by molar-refractivity contribution is 0.441. The molecule has 1 saturated carbocycles. The lowest BCUT2D eigenvalue weighted by atomic mass is 10.0. The molecule has 3 heteroatoms. The van der Waals surface area contributed by atoms with Crippen LogP contribution < -0.4 is 5.32 Å². The van der Waals surface area contributed by atoms with Gasteiger partial charge in [0.05, 0.1) is 0 Å². The van der Waals surface area contributed by atoms with E-state index in [2.05, 4.69) is 41.8 Å². The van der Waals surface area contributed by atoms with Gasteiger partial charge in [0.2, 0.25) is 5.95 Å². The summed E-state index contributed by atoms with van der Waals surface area (Å²) in [5, 5.41) is 3.61. The van der Waals surface area contributed by atoms with E-state index in [1.807, 2.05) is 6.20 Å². The molecule has 1 fully saturated rings. The van der Waals surface area contributed by atoms with E-state index in [1.54, 1.807) is 0 Å². The maximum absolute atomic E-state index is 4.48. The smallest absolute Gasteiger partial charge is 0.203 e. The van der Waals surface area contributed by atoms with Gasteiger partial charge in [-0.3, -0.25) is 0 Å². The standard InChI is InChI=1S/C15H27N3/c1-12(2)8-9-13(3)18-11-10-16-15(18)17-14-6-4-5-7-14/h10-14H,4-9H2,1-3H3,(H,16,17). The Bertz CT molecular complexity index is 350. The van der Waals surface area contributed by atoms with Gasteiger partial charge in [-0.2, -0.15) is 0 Å². The predicted octanol–water partition coefficient (Wildman–Crippen LogP) is 4.23. The molecule has 1 aromatic heterocycles. The Morgan fingerprint density at radius 2 is 2.00 bits per heavy atom. The van der Waals surface area contributed by atoms with E-state index in [0.29, 0.717) is 12.1 Å². The third kappa shape index (κ3) is 3.50. The lowest BCUT2D eigenvalue weighted by Gasteiger charge is -2.20. The summed E-state index contributed by atoms with van der Waals surface area (Å²) in [6, 6.07) is 1.18. The second-order valence-electron chi connectivity index (χ2n) is 6.10. The third-order valence-electron chi connectivity index (χ3n) is 3.99. The van der Waals surface area contributed by atoms with Crippen molar-refractivity contribution in [1.82, 2.24) is 9.55 Å². The van der Waals surface area contributed by atoms with Crippen molar-refractivity contribution in [3.05, 3.63) is 12.4 Å². The van der Waals surface area contributed by atoms with Gasteiger partial charge in [0.1, 0.15) is 0 Å². The highest BCUT2D eigenvalue weighted by Crippen LogP contribution is 2.25. The quantitative estimate of drug-likeness (QED) is 0.817. The molecule has 0 aromatic carbocycles. The molecule has 3 nitrogen and oxygen atoms in total. The number of hydrogen-bond donors (Lipinski definition) is 1. The molecule has 1 N–H and O–H groups in total. The molecule has 0 bridgehead atoms. The van der Waals surface area contributed by atoms with Crippen molar-refractivity contribution >= 4 is 5.95 Å². The van der Waals surface area contributed by atoms with Crippen molar-refractivity contribution in [2.24, 2.45) is 5.92 Å². The first-order valence-corrected chi connectivity index (χ1v) is 7.46. The summed E-state index contributed by atoms with van der Waals surface area (Å²) >= 11 is 0. The topological polar surface area (TPSA) is 29.9 Å². The first-order chi connectivity index (χ1) is 8.66. The molecule has 1 atom stereocenters. The molecule has 0 saturated heterocycles. The van der Waals surface area contributed by atoms with Crippen LogP contribution in [0.1, 0.15) is 65.3 Å². The van der Waals surface area contributed by atoms with Crippen LogP contribution in [0.25, 0.3) is 0 Å². The highest BCUT2D eigenvalue weighted by Gasteiger charge is 2.18. The maximum Gasteiger partial charge on any atom is 0.203 e. The SMILES string of the molecule is CC(C)CCC(C)n1ccnc1NC1CCCC1. The molecule has 0 amide bonds. The van der Waals surface area contributed by atoms with Gasteiger partial charge >= 0.3 is 0 Å². The Morgan fingerprint density at radius 3 is 2.67 bits per heavy atom. The Balaban J connectivity index is 1.93. The molecule has 102 valence electrons. The monoisotopic (exact) mass is 249 g/mol. The van der Waals surface area contributed by atoms with Gasteiger partial charge in [-0.25, -0.2) is 4.98 Å². The van der Waals surface area contributed by atoms with Gasteiger partial charge in [-0.05, 0) is 38.5 Å². The molecule has 0 spiro atoms. The Kier molecular flexibility index (Phi) is 4.67. The van der Waals surface area contributed by atoms with E-state index < -0.39 is 0 Å². The molecule has 1 aromatic rings. The average molecular weight is 249 g/mol. The van der Waals surface area contributed by atoms with E-state index in [9.17, 15) is 0 Å². The zero-order chi connectivity index (χ0) is 13.0. The van der Waals surface area contributed by atoms with Crippen LogP contribution >= 0.6 is 0 Å². The van der Waals surface area contributed by atoms with Crippen LogP contribution in [0.3, 0.4) is 0 Å². The van der Waals surface area contributed by atoms with Gasteiger partial charge in [-0.15, -0.1) is 0 Å². The molecule has 2 rings (SSSR count). The van der Waals surface area contributed by atoms with Gasteiger partial charge in [-0.1, -0.05) is 26.7 Å². The van der Waals surface area contributed by atoms with Gasteiger partial charge in [0, 0.05) is 24.5 Å². The number of anilines is 1. The highest BCUT2D eigenvalue weighted by atomic mass is 15.2. The fourth-order valence-electron chi connectivity index (χ4n) is 2.75. The number of imidazole rings is 1. The summed E-state index contributed by atoms with van der Waals surface area (Å²) in [5.41, 5.74) is 0. The van der Waals surface area contributed by atoms with Crippen molar-refractivity contribution in [1.29, 1.82) is 0 Å². The number of aromatic nitrogens is 2. The Hall–Kier alpha value is -0.990. The molecule has 1 heterocycles. The summed E-state index contributed by atoms with van der Waals surface area (Å²) in [6.45, 7) is 6.88. The third-order valence-corrected chi connectivity index (χ3v) is 3.99. The first-order valence-electron chi connectivity index (χ1n) is 7.46. The average Bonchev–Trinajstić information content (AvgIpc) is 2.97. The van der Waals surface area contributed by atoms with Crippen LogP contribution in [0.4, 0.5) is 5.95 Å². The van der Waals surface area contributed by atoms with E-state index in [4.69, 9.17) is 0 Å². The minimum absolute atomic E-state index is 0.541. The second-order valence-corrected chi connectivity index (χ2v) is 6.10. The summed E-state index contributed by atoms with van der Waals surface area (Å²) in [7, 11) is 0. The zero-order valence-corrected chi connectivity index (χ0v) is 12.0. The second kappa shape index (κ2) is 6.26. The van der Waals surface area contributed by atoms with E-state index in [0.717, 1.165) is 11.9 Å². The van der Waals surface area contributed by atoms with Crippen molar-refractivity contribution < 1.29 is 0 Å². The minimum Gasteiger partial charge on any atom is -0.353 e. The van der Waals surface area contributed by atoms with Crippen LogP contribution in [-0.4, -0.2) is 15.6 Å². The fraction of sp³-hybridized carbons (Fsp3) is 0.800. The van der Waals surface area contributed by atoms with E-state index in [1.165, 1.54) is 38.5 Å². The van der Waals surface area contributed by atoms with Crippen molar-refractivity contribution in [3.63, 3.8) is 0 Å². The maximum atomic E-state index is 4.48. The number of rotatable bonds is 6. The molecule has 0 radical (unpaired) electrons. The Morgan fingerprint density at radius 1 is 1.28 bits per heavy atom. The predicted molar refractivity (Wildman–Crippen MR) is 76.9 cm³/mol. The lowest BCUT2D eigenvalue weighted by Crippen LogP contribution is -2.19. The first kappa shape index (κ1) is 13.4. The minimum atomic E-state index is 0.541. The van der Waals surface area contributed by atoms with Crippen molar-refractivity contribution in [3.8, 4) is 0 Å². The van der Waals surface area contributed by atoms with E-state index in [-0.39, 0.29) is 0 Å². The summed E-state index contributed by atoms with van der Waals surface area (Å²) in [4.78, 5) is 4.48. The molecule has 1 unspecified atom stereocenters. The largest absolute Gasteiger partial charge is 0.353 e. The summed E-state index contributed by atoms with van der Waals surface area (Å²) < 4.78 is 2.31. The van der Waals surface area contributed by atoms with Crippen LogP contribution in [0.15, 0.2) is 12.4 Å². The van der Waals surface area contributed by atoms with Gasteiger partial charge < -0.3 is 9.88 Å². The summed E-state index contributed by atoms with van der Waals surface area (Å²) in [6.07, 6.45) is 11.9. The number of nitrogens with zero attached hydrogens (tertiary/aromatic N) is 2. The normalized spacial score (nSPS) is 18.4.